The van der Waals surface area contributed by atoms with Gasteiger partial charge in [0, 0.05) is 33.2 Å². The first kappa shape index (κ1) is 38.5. The minimum atomic E-state index is 0.675. The summed E-state index contributed by atoms with van der Waals surface area (Å²) in [5.74, 6) is 0.675. The average molecular weight is 852 g/mol. The molecule has 13 rings (SSSR count). The molecule has 312 valence electrons. The van der Waals surface area contributed by atoms with Crippen LogP contribution in [-0.4, -0.2) is 14.5 Å². The summed E-state index contributed by atoms with van der Waals surface area (Å²) in [5, 5.41) is 9.92. The van der Waals surface area contributed by atoms with Gasteiger partial charge >= 0.3 is 0 Å². The van der Waals surface area contributed by atoms with Crippen LogP contribution in [0, 0.1) is 0 Å². The van der Waals surface area contributed by atoms with Gasteiger partial charge in [-0.15, -0.1) is 0 Å². The van der Waals surface area contributed by atoms with Crippen molar-refractivity contribution >= 4 is 54.1 Å². The minimum absolute atomic E-state index is 0.675. The highest BCUT2D eigenvalue weighted by Gasteiger charge is 2.19. The van der Waals surface area contributed by atoms with Crippen LogP contribution in [0.2, 0.25) is 0 Å². The summed E-state index contributed by atoms with van der Waals surface area (Å²) in [5.41, 5.74) is 15.2. The maximum Gasteiger partial charge on any atom is 0.160 e. The molecule has 0 spiro atoms. The van der Waals surface area contributed by atoms with Crippen molar-refractivity contribution in [2.45, 2.75) is 0 Å². The van der Waals surface area contributed by atoms with Gasteiger partial charge in [0.05, 0.1) is 22.4 Å². The van der Waals surface area contributed by atoms with Crippen LogP contribution in [0.5, 0.6) is 0 Å². The van der Waals surface area contributed by atoms with Crippen LogP contribution < -0.4 is 0 Å². The molecule has 0 saturated heterocycles. The molecule has 0 radical (unpaired) electrons. The first-order valence-corrected chi connectivity index (χ1v) is 22.9. The second-order valence-corrected chi connectivity index (χ2v) is 17.3. The summed E-state index contributed by atoms with van der Waals surface area (Å²) < 4.78 is 2.38. The second-order valence-electron chi connectivity index (χ2n) is 17.3. The Balaban J connectivity index is 0.970. The molecule has 0 aliphatic carbocycles. The zero-order valence-corrected chi connectivity index (χ0v) is 36.5. The van der Waals surface area contributed by atoms with Crippen molar-refractivity contribution in [1.82, 2.24) is 14.5 Å². The van der Waals surface area contributed by atoms with E-state index < -0.39 is 0 Å². The molecule has 3 nitrogen and oxygen atoms in total. The number of hydrogen-bond acceptors (Lipinski definition) is 2. The fraction of sp³-hybridized carbons (Fsp3) is 0. The zero-order valence-electron chi connectivity index (χ0n) is 36.5. The highest BCUT2D eigenvalue weighted by atomic mass is 15.0. The van der Waals surface area contributed by atoms with Crippen molar-refractivity contribution in [2.75, 3.05) is 0 Å². The summed E-state index contributed by atoms with van der Waals surface area (Å²) in [4.78, 5) is 10.8. The van der Waals surface area contributed by atoms with Gasteiger partial charge in [-0.2, -0.15) is 0 Å². The summed E-state index contributed by atoms with van der Waals surface area (Å²) in [6.07, 6.45) is 0. The molecule has 0 unspecified atom stereocenters. The third-order valence-corrected chi connectivity index (χ3v) is 13.4. The van der Waals surface area contributed by atoms with Gasteiger partial charge in [0.2, 0.25) is 0 Å². The van der Waals surface area contributed by atoms with E-state index in [-0.39, 0.29) is 0 Å². The van der Waals surface area contributed by atoms with Crippen molar-refractivity contribution in [3.05, 3.63) is 249 Å². The smallest absolute Gasteiger partial charge is 0.160 e. The van der Waals surface area contributed by atoms with Gasteiger partial charge in [-0.25, -0.2) is 9.97 Å². The SMILES string of the molecule is c1ccc(-c2ccc(-c3cc(-c4ccccc4-c4ccc5c6ccccc6n(-c6ccccc6)c5c4)nc(-c4ccc(-c5c6ccccc6cc6c5ccc5ccccc56)cc4)n3)cc2)cc1. The van der Waals surface area contributed by atoms with E-state index in [2.05, 4.69) is 253 Å². The number of para-hydroxylation sites is 2. The van der Waals surface area contributed by atoms with Gasteiger partial charge in [-0.3, -0.25) is 0 Å². The van der Waals surface area contributed by atoms with Gasteiger partial charge in [0.1, 0.15) is 0 Å². The molecule has 0 aliphatic rings. The van der Waals surface area contributed by atoms with Gasteiger partial charge in [-0.05, 0) is 102 Å². The molecule has 13 aromatic rings. The molecule has 0 saturated carbocycles. The van der Waals surface area contributed by atoms with E-state index in [0.717, 1.165) is 61.5 Å². The molecule has 2 heterocycles. The predicted octanol–water partition coefficient (Wildman–Crippen LogP) is 17.0. The van der Waals surface area contributed by atoms with Crippen molar-refractivity contribution in [2.24, 2.45) is 0 Å². The summed E-state index contributed by atoms with van der Waals surface area (Å²) in [6.45, 7) is 0. The number of benzene rings is 11. The van der Waals surface area contributed by atoms with Crippen LogP contribution in [0.25, 0.3) is 127 Å². The lowest BCUT2D eigenvalue weighted by atomic mass is 9.89. The molecule has 0 N–H and O–H groups in total. The third kappa shape index (κ3) is 6.67. The minimum Gasteiger partial charge on any atom is -0.309 e. The first-order valence-electron chi connectivity index (χ1n) is 22.9. The van der Waals surface area contributed by atoms with Crippen molar-refractivity contribution in [3.63, 3.8) is 0 Å². The van der Waals surface area contributed by atoms with Crippen LogP contribution in [0.1, 0.15) is 0 Å². The van der Waals surface area contributed by atoms with Gasteiger partial charge in [0.25, 0.3) is 0 Å². The van der Waals surface area contributed by atoms with Crippen LogP contribution in [0.4, 0.5) is 0 Å². The molecular formula is C64H41N3. The van der Waals surface area contributed by atoms with E-state index >= 15 is 0 Å². The fourth-order valence-electron chi connectivity index (χ4n) is 10.2. The molecule has 3 heteroatoms. The van der Waals surface area contributed by atoms with Crippen LogP contribution in [-0.2, 0) is 0 Å². The van der Waals surface area contributed by atoms with Crippen molar-refractivity contribution < 1.29 is 0 Å². The molecule has 0 amide bonds. The normalized spacial score (nSPS) is 11.6. The number of rotatable bonds is 7. The summed E-state index contributed by atoms with van der Waals surface area (Å²) in [6, 6.07) is 89.4. The zero-order chi connectivity index (χ0) is 44.3. The van der Waals surface area contributed by atoms with Crippen LogP contribution in [0.3, 0.4) is 0 Å². The lowest BCUT2D eigenvalue weighted by Gasteiger charge is -2.15. The van der Waals surface area contributed by atoms with E-state index in [0.29, 0.717) is 5.82 Å². The van der Waals surface area contributed by atoms with Gasteiger partial charge < -0.3 is 4.57 Å². The molecule has 11 aromatic carbocycles. The molecule has 2 aromatic heterocycles. The van der Waals surface area contributed by atoms with E-state index in [1.54, 1.807) is 0 Å². The predicted molar refractivity (Wildman–Crippen MR) is 282 cm³/mol. The van der Waals surface area contributed by atoms with Crippen molar-refractivity contribution in [3.8, 4) is 73.0 Å². The standard InChI is InChI=1S/C64H41N3/c1-3-15-42(16-4-1)43-27-29-45(30-28-43)59-41-60(54-24-12-11-22-52(54)49-36-37-56-55-25-13-14-26-61(55)67(62(56)40-49)50-19-5-2-6-20-50)66-64(65-59)47-33-31-46(32-34-47)63-53-23-10-8-18-48(53)39-58-51-21-9-7-17-44(51)35-38-57(58)63/h1-41H. The fourth-order valence-corrected chi connectivity index (χ4v) is 10.2. The lowest BCUT2D eigenvalue weighted by Crippen LogP contribution is -1.97. The van der Waals surface area contributed by atoms with E-state index in [1.165, 1.54) is 59.7 Å². The quantitative estimate of drug-likeness (QED) is 0.118. The number of aromatic nitrogens is 3. The molecule has 0 bridgehead atoms. The molecule has 0 atom stereocenters. The van der Waals surface area contributed by atoms with Gasteiger partial charge in [0.15, 0.2) is 5.82 Å². The van der Waals surface area contributed by atoms with E-state index in [1.807, 2.05) is 0 Å². The van der Waals surface area contributed by atoms with E-state index in [4.69, 9.17) is 9.97 Å². The van der Waals surface area contributed by atoms with Crippen LogP contribution >= 0.6 is 0 Å². The Morgan fingerprint density at radius 3 is 1.63 bits per heavy atom. The Morgan fingerprint density at radius 1 is 0.269 bits per heavy atom. The Morgan fingerprint density at radius 2 is 0.821 bits per heavy atom. The van der Waals surface area contributed by atoms with Gasteiger partial charge in [-0.1, -0.05) is 212 Å². The first-order chi connectivity index (χ1) is 33.2. The monoisotopic (exact) mass is 851 g/mol. The number of fused-ring (bicyclic) bond motifs is 7. The van der Waals surface area contributed by atoms with Crippen LogP contribution in [0.15, 0.2) is 249 Å². The highest BCUT2D eigenvalue weighted by Crippen LogP contribution is 2.42. The topological polar surface area (TPSA) is 30.7 Å². The number of nitrogens with zero attached hydrogens (tertiary/aromatic N) is 3. The average Bonchev–Trinajstić information content (AvgIpc) is 3.74. The summed E-state index contributed by atoms with van der Waals surface area (Å²) in [7, 11) is 0. The maximum absolute atomic E-state index is 5.43. The third-order valence-electron chi connectivity index (χ3n) is 13.4. The van der Waals surface area contributed by atoms with Crippen molar-refractivity contribution in [1.29, 1.82) is 0 Å². The Hall–Kier alpha value is -8.92. The highest BCUT2D eigenvalue weighted by molar-refractivity contribution is 6.20. The largest absolute Gasteiger partial charge is 0.309 e. The molecular weight excluding hydrogens is 811 g/mol. The number of hydrogen-bond donors (Lipinski definition) is 0. The molecule has 67 heavy (non-hydrogen) atoms. The maximum atomic E-state index is 5.43. The lowest BCUT2D eigenvalue weighted by molar-refractivity contribution is 1.18. The summed E-state index contributed by atoms with van der Waals surface area (Å²) >= 11 is 0. The Labute approximate surface area is 388 Å². The molecule has 0 fully saturated rings. The molecule has 0 aliphatic heterocycles. The van der Waals surface area contributed by atoms with E-state index in [9.17, 15) is 0 Å². The second kappa shape index (κ2) is 16.0. The Kier molecular flexibility index (Phi) is 9.17. The Bertz CT molecular complexity index is 4000.